The van der Waals surface area contributed by atoms with Crippen LogP contribution in [0.25, 0.3) is 16.7 Å². The van der Waals surface area contributed by atoms with Crippen LogP contribution in [0.3, 0.4) is 0 Å². The van der Waals surface area contributed by atoms with Crippen LogP contribution < -0.4 is 10.9 Å². The molecule has 3 rings (SSSR count). The van der Waals surface area contributed by atoms with Gasteiger partial charge >= 0.3 is 6.18 Å². The second kappa shape index (κ2) is 8.33. The molecule has 2 heterocycles. The smallest absolute Gasteiger partial charge is 0.355 e. The van der Waals surface area contributed by atoms with Crippen molar-refractivity contribution < 1.29 is 18.0 Å². The summed E-state index contributed by atoms with van der Waals surface area (Å²) in [5.41, 5.74) is -0.428. The Bertz CT molecular complexity index is 1130. The normalized spacial score (nSPS) is 11.8. The molecule has 0 aliphatic carbocycles. The van der Waals surface area contributed by atoms with Crippen LogP contribution in [0.15, 0.2) is 35.1 Å². The highest BCUT2D eigenvalue weighted by Gasteiger charge is 2.36. The van der Waals surface area contributed by atoms with Gasteiger partial charge in [-0.05, 0) is 32.4 Å². The number of fused-ring (bicyclic) bond motifs is 1. The molecule has 0 aliphatic rings. The van der Waals surface area contributed by atoms with Crippen molar-refractivity contribution >= 4 is 16.9 Å². The monoisotopic (exact) mass is 420 g/mol. The molecule has 0 aliphatic heterocycles. The second-order valence-electron chi connectivity index (χ2n) is 7.22. The first-order valence-corrected chi connectivity index (χ1v) is 9.67. The Morgan fingerprint density at radius 2 is 1.83 bits per heavy atom. The summed E-state index contributed by atoms with van der Waals surface area (Å²) in [6.07, 6.45) is -3.08. The molecule has 30 heavy (non-hydrogen) atoms. The first-order chi connectivity index (χ1) is 14.1. The summed E-state index contributed by atoms with van der Waals surface area (Å²) in [6.45, 7) is 5.35. The molecular weight excluding hydrogens is 397 g/mol. The van der Waals surface area contributed by atoms with E-state index in [1.807, 2.05) is 13.8 Å². The van der Waals surface area contributed by atoms with Gasteiger partial charge in [0.15, 0.2) is 0 Å². The van der Waals surface area contributed by atoms with Crippen molar-refractivity contribution in [1.29, 1.82) is 0 Å². The van der Waals surface area contributed by atoms with Gasteiger partial charge in [0.1, 0.15) is 12.2 Å². The van der Waals surface area contributed by atoms with Crippen LogP contribution in [0.2, 0.25) is 0 Å². The lowest BCUT2D eigenvalue weighted by atomic mass is 10.1. The van der Waals surface area contributed by atoms with E-state index in [1.165, 1.54) is 11.6 Å². The minimum absolute atomic E-state index is 0.0539. The maximum absolute atomic E-state index is 13.7. The van der Waals surface area contributed by atoms with E-state index in [0.29, 0.717) is 18.3 Å². The predicted molar refractivity (Wildman–Crippen MR) is 108 cm³/mol. The van der Waals surface area contributed by atoms with E-state index in [-0.39, 0.29) is 16.7 Å². The Labute approximate surface area is 171 Å². The molecule has 3 aromatic rings. The number of nitrogens with one attached hydrogen (secondary N) is 1. The van der Waals surface area contributed by atoms with E-state index in [4.69, 9.17) is 0 Å². The lowest BCUT2D eigenvalue weighted by molar-refractivity contribution is -0.136. The van der Waals surface area contributed by atoms with Gasteiger partial charge in [0.25, 0.3) is 5.56 Å². The van der Waals surface area contributed by atoms with Crippen molar-refractivity contribution in [2.75, 3.05) is 6.54 Å². The third-order valence-electron chi connectivity index (χ3n) is 4.83. The van der Waals surface area contributed by atoms with Crippen LogP contribution in [-0.2, 0) is 17.5 Å². The van der Waals surface area contributed by atoms with Gasteiger partial charge in [-0.2, -0.15) is 18.3 Å². The van der Waals surface area contributed by atoms with Crippen LogP contribution in [-0.4, -0.2) is 26.8 Å². The molecule has 0 saturated carbocycles. The van der Waals surface area contributed by atoms with Gasteiger partial charge in [-0.3, -0.25) is 14.2 Å². The average Bonchev–Trinajstić information content (AvgIpc) is 3.01. The SMILES string of the molecule is CCCCNC(=O)Cn1c(=O)cc(C(F)(F)F)c2c(C)nn(-c3ccc(C)cc3)c21. The topological polar surface area (TPSA) is 68.9 Å². The summed E-state index contributed by atoms with van der Waals surface area (Å²) >= 11 is 0. The van der Waals surface area contributed by atoms with Gasteiger partial charge in [-0.15, -0.1) is 0 Å². The van der Waals surface area contributed by atoms with Crippen molar-refractivity contribution in [2.24, 2.45) is 0 Å². The first-order valence-electron chi connectivity index (χ1n) is 9.67. The van der Waals surface area contributed by atoms with Gasteiger partial charge in [0.05, 0.1) is 22.3 Å². The second-order valence-corrected chi connectivity index (χ2v) is 7.22. The van der Waals surface area contributed by atoms with E-state index < -0.39 is 29.8 Å². The fraction of sp³-hybridized carbons (Fsp3) is 0.381. The van der Waals surface area contributed by atoms with Gasteiger partial charge < -0.3 is 5.32 Å². The molecular formula is C21H23F3N4O2. The molecule has 0 fully saturated rings. The van der Waals surface area contributed by atoms with Crippen LogP contribution in [0, 0.1) is 13.8 Å². The van der Waals surface area contributed by atoms with Crippen molar-refractivity contribution in [3.05, 3.63) is 57.5 Å². The zero-order chi connectivity index (χ0) is 22.1. The number of nitrogens with zero attached hydrogens (tertiary/aromatic N) is 3. The van der Waals surface area contributed by atoms with Crippen molar-refractivity contribution in [3.8, 4) is 5.69 Å². The Hall–Kier alpha value is -3.10. The number of carbonyl (C=O) groups excluding carboxylic acids is 1. The van der Waals surface area contributed by atoms with Crippen LogP contribution in [0.4, 0.5) is 13.2 Å². The summed E-state index contributed by atoms with van der Waals surface area (Å²) in [4.78, 5) is 25.0. The van der Waals surface area contributed by atoms with Gasteiger partial charge in [0, 0.05) is 12.6 Å². The standard InChI is InChI=1S/C21H23F3N4O2/c1-4-5-10-25-17(29)12-27-18(30)11-16(21(22,23)24)19-14(3)26-28(20(19)27)15-8-6-13(2)7-9-15/h6-9,11H,4-5,10,12H2,1-3H3,(H,25,29). The molecule has 0 saturated heterocycles. The van der Waals surface area contributed by atoms with E-state index in [2.05, 4.69) is 10.4 Å². The van der Waals surface area contributed by atoms with Gasteiger partial charge in [0.2, 0.25) is 5.91 Å². The van der Waals surface area contributed by atoms with Crippen molar-refractivity contribution in [1.82, 2.24) is 19.7 Å². The Kier molecular flexibility index (Phi) is 6.00. The molecule has 0 bridgehead atoms. The minimum atomic E-state index is -4.73. The van der Waals surface area contributed by atoms with E-state index in [0.717, 1.165) is 23.0 Å². The van der Waals surface area contributed by atoms with E-state index in [1.54, 1.807) is 24.3 Å². The number of alkyl halides is 3. The number of benzene rings is 1. The number of carbonyl (C=O) groups is 1. The molecule has 1 aromatic carbocycles. The fourth-order valence-electron chi connectivity index (χ4n) is 3.30. The number of aromatic nitrogens is 3. The summed E-state index contributed by atoms with van der Waals surface area (Å²) in [7, 11) is 0. The van der Waals surface area contributed by atoms with E-state index >= 15 is 0 Å². The molecule has 0 radical (unpaired) electrons. The number of amides is 1. The minimum Gasteiger partial charge on any atom is -0.355 e. The highest BCUT2D eigenvalue weighted by Crippen LogP contribution is 2.36. The summed E-state index contributed by atoms with van der Waals surface area (Å²) < 4.78 is 43.4. The number of unbranched alkanes of at least 4 members (excludes halogenated alkanes) is 1. The van der Waals surface area contributed by atoms with Crippen LogP contribution >= 0.6 is 0 Å². The highest BCUT2D eigenvalue weighted by atomic mass is 19.4. The number of hydrogen-bond donors (Lipinski definition) is 1. The number of pyridine rings is 1. The number of hydrogen-bond acceptors (Lipinski definition) is 3. The van der Waals surface area contributed by atoms with Crippen LogP contribution in [0.1, 0.15) is 36.6 Å². The maximum Gasteiger partial charge on any atom is 0.417 e. The fourth-order valence-corrected chi connectivity index (χ4v) is 3.30. The predicted octanol–water partition coefficient (Wildman–Crippen LogP) is 3.74. The maximum atomic E-state index is 13.7. The van der Waals surface area contributed by atoms with Crippen molar-refractivity contribution in [3.63, 3.8) is 0 Å². The zero-order valence-corrected chi connectivity index (χ0v) is 17.0. The Balaban J connectivity index is 2.24. The highest BCUT2D eigenvalue weighted by molar-refractivity contribution is 5.86. The molecule has 6 nitrogen and oxygen atoms in total. The molecule has 0 atom stereocenters. The quantitative estimate of drug-likeness (QED) is 0.618. The number of rotatable bonds is 6. The molecule has 2 aromatic heterocycles. The summed E-state index contributed by atoms with van der Waals surface area (Å²) in [5, 5.41) is 6.77. The lowest BCUT2D eigenvalue weighted by Gasteiger charge is -2.15. The molecule has 9 heteroatoms. The molecule has 1 N–H and O–H groups in total. The first kappa shape index (κ1) is 21.6. The number of halogens is 3. The Morgan fingerprint density at radius 1 is 1.17 bits per heavy atom. The van der Waals surface area contributed by atoms with Gasteiger partial charge in [-0.1, -0.05) is 31.0 Å². The largest absolute Gasteiger partial charge is 0.417 e. The third kappa shape index (κ3) is 4.24. The van der Waals surface area contributed by atoms with E-state index in [9.17, 15) is 22.8 Å². The van der Waals surface area contributed by atoms with Gasteiger partial charge in [-0.25, -0.2) is 4.68 Å². The molecule has 160 valence electrons. The summed E-state index contributed by atoms with van der Waals surface area (Å²) in [6, 6.07) is 7.54. The lowest BCUT2D eigenvalue weighted by Crippen LogP contribution is -2.34. The van der Waals surface area contributed by atoms with Crippen molar-refractivity contribution in [2.45, 2.75) is 46.3 Å². The summed E-state index contributed by atoms with van der Waals surface area (Å²) in [5.74, 6) is -0.444. The molecule has 1 amide bonds. The van der Waals surface area contributed by atoms with Crippen LogP contribution in [0.5, 0.6) is 0 Å². The molecule has 0 spiro atoms. The Morgan fingerprint density at radius 3 is 2.43 bits per heavy atom. The zero-order valence-electron chi connectivity index (χ0n) is 17.0. The third-order valence-corrected chi connectivity index (χ3v) is 4.83. The number of aryl methyl sites for hydroxylation is 2. The average molecular weight is 420 g/mol. The molecule has 0 unspecified atom stereocenters.